The van der Waals surface area contributed by atoms with Crippen molar-refractivity contribution in [1.29, 1.82) is 0 Å². The smallest absolute Gasteiger partial charge is 0.160 e. The van der Waals surface area contributed by atoms with E-state index in [9.17, 15) is 5.11 Å². The normalized spacial score (nSPS) is 12.8. The highest BCUT2D eigenvalue weighted by atomic mass is 16.5. The zero-order chi connectivity index (χ0) is 13.7. The Morgan fingerprint density at radius 3 is 2.79 bits per heavy atom. The fraction of sp³-hybridized carbons (Fsp3) is 0.462. The molecule has 2 aromatic rings. The molecule has 0 saturated carbocycles. The van der Waals surface area contributed by atoms with Crippen molar-refractivity contribution < 1.29 is 9.84 Å². The average molecular weight is 262 g/mol. The molecule has 1 unspecified atom stereocenters. The first-order chi connectivity index (χ1) is 9.16. The molecule has 6 heteroatoms. The van der Waals surface area contributed by atoms with Crippen LogP contribution in [0.3, 0.4) is 0 Å². The van der Waals surface area contributed by atoms with E-state index < -0.39 is 6.10 Å². The van der Waals surface area contributed by atoms with E-state index in [1.165, 1.54) is 0 Å². The summed E-state index contributed by atoms with van der Waals surface area (Å²) in [5, 5.41) is 9.93. The van der Waals surface area contributed by atoms with Crippen LogP contribution < -0.4 is 0 Å². The second-order valence-electron chi connectivity index (χ2n) is 4.53. The predicted molar refractivity (Wildman–Crippen MR) is 70.3 cm³/mol. The van der Waals surface area contributed by atoms with Gasteiger partial charge in [0.15, 0.2) is 5.82 Å². The topological polar surface area (TPSA) is 73.1 Å². The molecule has 102 valence electrons. The van der Waals surface area contributed by atoms with E-state index in [4.69, 9.17) is 4.74 Å². The number of hydrogen-bond donors (Lipinski definition) is 1. The van der Waals surface area contributed by atoms with Crippen LogP contribution >= 0.6 is 0 Å². The highest BCUT2D eigenvalue weighted by Crippen LogP contribution is 2.13. The second-order valence-corrected chi connectivity index (χ2v) is 4.53. The Hall–Kier alpha value is -1.79. The van der Waals surface area contributed by atoms with Crippen molar-refractivity contribution in [2.45, 2.75) is 32.6 Å². The Bertz CT molecular complexity index is 498. The van der Waals surface area contributed by atoms with Gasteiger partial charge in [-0.1, -0.05) is 0 Å². The zero-order valence-electron chi connectivity index (χ0n) is 11.1. The van der Waals surface area contributed by atoms with E-state index in [2.05, 4.69) is 15.0 Å². The van der Waals surface area contributed by atoms with Gasteiger partial charge in [0.2, 0.25) is 0 Å². The van der Waals surface area contributed by atoms with Crippen LogP contribution in [-0.2, 0) is 11.3 Å². The maximum atomic E-state index is 9.93. The fourth-order valence-electron chi connectivity index (χ4n) is 1.69. The monoisotopic (exact) mass is 262 g/mol. The fourth-order valence-corrected chi connectivity index (χ4v) is 1.69. The van der Waals surface area contributed by atoms with Crippen LogP contribution in [0.25, 0.3) is 11.5 Å². The maximum absolute atomic E-state index is 9.93. The molecule has 0 bridgehead atoms. The van der Waals surface area contributed by atoms with Crippen LogP contribution in [-0.4, -0.2) is 43.4 Å². The highest BCUT2D eigenvalue weighted by Gasteiger charge is 2.12. The van der Waals surface area contributed by atoms with Crippen molar-refractivity contribution in [3.8, 4) is 11.5 Å². The summed E-state index contributed by atoms with van der Waals surface area (Å²) in [5.74, 6) is 0.691. The standard InChI is InChI=1S/C13H18N4O2/c1-10(2)19-9-11(18)8-17-6-5-16-13(17)12-7-14-3-4-15-12/h3-7,10-11,18H,8-9H2,1-2H3. The first kappa shape index (κ1) is 13.6. The Labute approximate surface area is 112 Å². The molecular weight excluding hydrogens is 244 g/mol. The van der Waals surface area contributed by atoms with Crippen molar-refractivity contribution in [2.24, 2.45) is 0 Å². The van der Waals surface area contributed by atoms with Gasteiger partial charge in [-0.25, -0.2) is 9.97 Å². The van der Waals surface area contributed by atoms with Gasteiger partial charge < -0.3 is 14.4 Å². The van der Waals surface area contributed by atoms with Gasteiger partial charge >= 0.3 is 0 Å². The predicted octanol–water partition coefficient (Wildman–Crippen LogP) is 1.13. The largest absolute Gasteiger partial charge is 0.389 e. The van der Waals surface area contributed by atoms with Crippen molar-refractivity contribution in [3.05, 3.63) is 31.0 Å². The summed E-state index contributed by atoms with van der Waals surface area (Å²) in [6, 6.07) is 0. The van der Waals surface area contributed by atoms with Crippen LogP contribution in [0.5, 0.6) is 0 Å². The summed E-state index contributed by atoms with van der Waals surface area (Å²) in [5.41, 5.74) is 0.685. The number of aliphatic hydroxyl groups is 1. The van der Waals surface area contributed by atoms with Crippen molar-refractivity contribution >= 4 is 0 Å². The van der Waals surface area contributed by atoms with Crippen molar-refractivity contribution in [3.63, 3.8) is 0 Å². The molecule has 2 rings (SSSR count). The van der Waals surface area contributed by atoms with Gasteiger partial charge in [-0.15, -0.1) is 0 Å². The Balaban J connectivity index is 2.04. The molecule has 6 nitrogen and oxygen atoms in total. The molecule has 0 amide bonds. The number of nitrogens with zero attached hydrogens (tertiary/aromatic N) is 4. The average Bonchev–Trinajstić information content (AvgIpc) is 2.85. The van der Waals surface area contributed by atoms with Crippen LogP contribution in [0.1, 0.15) is 13.8 Å². The van der Waals surface area contributed by atoms with Crippen LogP contribution in [0.4, 0.5) is 0 Å². The minimum atomic E-state index is -0.577. The zero-order valence-corrected chi connectivity index (χ0v) is 11.1. The first-order valence-electron chi connectivity index (χ1n) is 6.24. The summed E-state index contributed by atoms with van der Waals surface area (Å²) in [7, 11) is 0. The van der Waals surface area contributed by atoms with E-state index in [1.807, 2.05) is 24.6 Å². The van der Waals surface area contributed by atoms with Gasteiger partial charge in [0.05, 0.1) is 31.6 Å². The lowest BCUT2D eigenvalue weighted by Gasteiger charge is -2.15. The quantitative estimate of drug-likeness (QED) is 0.844. The lowest BCUT2D eigenvalue weighted by molar-refractivity contribution is -0.000538. The summed E-state index contributed by atoms with van der Waals surface area (Å²) >= 11 is 0. The molecule has 2 aromatic heterocycles. The first-order valence-corrected chi connectivity index (χ1v) is 6.24. The third-order valence-corrected chi connectivity index (χ3v) is 2.54. The van der Waals surface area contributed by atoms with Gasteiger partial charge in [0, 0.05) is 24.8 Å². The third kappa shape index (κ3) is 3.84. The number of imidazole rings is 1. The van der Waals surface area contributed by atoms with E-state index >= 15 is 0 Å². The van der Waals surface area contributed by atoms with Crippen LogP contribution in [0.15, 0.2) is 31.0 Å². The summed E-state index contributed by atoms with van der Waals surface area (Å²) in [4.78, 5) is 12.5. The van der Waals surface area contributed by atoms with Gasteiger partial charge in [-0.05, 0) is 13.8 Å². The van der Waals surface area contributed by atoms with Crippen LogP contribution in [0, 0.1) is 0 Å². The second kappa shape index (κ2) is 6.40. The SMILES string of the molecule is CC(C)OCC(O)Cn1ccnc1-c1cnccn1. The van der Waals surface area contributed by atoms with Gasteiger partial charge in [0.1, 0.15) is 5.69 Å². The molecule has 0 saturated heterocycles. The molecule has 1 atom stereocenters. The molecular formula is C13H18N4O2. The van der Waals surface area contributed by atoms with E-state index in [0.717, 1.165) is 0 Å². The molecule has 0 aliphatic heterocycles. The number of aliphatic hydroxyl groups excluding tert-OH is 1. The van der Waals surface area contributed by atoms with Gasteiger partial charge in [0.25, 0.3) is 0 Å². The van der Waals surface area contributed by atoms with E-state index in [1.54, 1.807) is 24.8 Å². The Kier molecular flexibility index (Phi) is 4.59. The number of ether oxygens (including phenoxy) is 1. The molecule has 0 aliphatic carbocycles. The minimum absolute atomic E-state index is 0.108. The van der Waals surface area contributed by atoms with Crippen LogP contribution in [0.2, 0.25) is 0 Å². The maximum Gasteiger partial charge on any atom is 0.160 e. The van der Waals surface area contributed by atoms with Gasteiger partial charge in [-0.3, -0.25) is 4.98 Å². The third-order valence-electron chi connectivity index (χ3n) is 2.54. The van der Waals surface area contributed by atoms with Crippen molar-refractivity contribution in [2.75, 3.05) is 6.61 Å². The summed E-state index contributed by atoms with van der Waals surface area (Å²) < 4.78 is 7.23. The molecule has 0 radical (unpaired) electrons. The Morgan fingerprint density at radius 2 is 2.11 bits per heavy atom. The number of aromatic nitrogens is 4. The number of rotatable bonds is 6. The lowest BCUT2D eigenvalue weighted by Crippen LogP contribution is -2.24. The van der Waals surface area contributed by atoms with Crippen molar-refractivity contribution in [1.82, 2.24) is 19.5 Å². The lowest BCUT2D eigenvalue weighted by atomic mass is 10.3. The highest BCUT2D eigenvalue weighted by molar-refractivity contribution is 5.47. The Morgan fingerprint density at radius 1 is 1.26 bits per heavy atom. The molecule has 2 heterocycles. The molecule has 1 N–H and O–H groups in total. The minimum Gasteiger partial charge on any atom is -0.389 e. The summed E-state index contributed by atoms with van der Waals surface area (Å²) in [6.45, 7) is 4.60. The molecule has 0 fully saturated rings. The molecule has 0 aliphatic rings. The van der Waals surface area contributed by atoms with Gasteiger partial charge in [-0.2, -0.15) is 0 Å². The molecule has 0 aromatic carbocycles. The summed E-state index contributed by atoms with van der Waals surface area (Å²) in [6.07, 6.45) is 7.90. The van der Waals surface area contributed by atoms with E-state index in [0.29, 0.717) is 24.7 Å². The number of hydrogen-bond acceptors (Lipinski definition) is 5. The van der Waals surface area contributed by atoms with E-state index in [-0.39, 0.29) is 6.10 Å². The molecule has 19 heavy (non-hydrogen) atoms. The molecule has 0 spiro atoms.